The van der Waals surface area contributed by atoms with E-state index in [1.165, 1.54) is 0 Å². The fourth-order valence-corrected chi connectivity index (χ4v) is 1.87. The first-order valence-corrected chi connectivity index (χ1v) is 5.87. The van der Waals surface area contributed by atoms with E-state index in [0.717, 1.165) is 5.56 Å². The highest BCUT2D eigenvalue weighted by Crippen LogP contribution is 2.20. The molecule has 19 heavy (non-hydrogen) atoms. The van der Waals surface area contributed by atoms with Gasteiger partial charge in [-0.2, -0.15) is 13.2 Å². The number of hydrogen-bond acceptors (Lipinski definition) is 2. The van der Waals surface area contributed by atoms with Crippen molar-refractivity contribution in [3.8, 4) is 0 Å². The highest BCUT2D eigenvalue weighted by Gasteiger charge is 2.26. The van der Waals surface area contributed by atoms with E-state index in [0.29, 0.717) is 11.0 Å². The molecule has 0 saturated carbocycles. The van der Waals surface area contributed by atoms with Crippen molar-refractivity contribution in [2.24, 2.45) is 0 Å². The molecule has 3 N–H and O–H groups in total. The van der Waals surface area contributed by atoms with Gasteiger partial charge in [0.25, 0.3) is 0 Å². The van der Waals surface area contributed by atoms with Gasteiger partial charge in [-0.15, -0.1) is 0 Å². The Bertz CT molecular complexity index is 614. The summed E-state index contributed by atoms with van der Waals surface area (Å²) >= 11 is 0. The summed E-state index contributed by atoms with van der Waals surface area (Å²) in [6.07, 6.45) is -5.01. The number of hydrogen-bond donors (Lipinski definition) is 3. The molecule has 0 aliphatic rings. The monoisotopic (exact) mass is 273 g/mol. The third-order valence-corrected chi connectivity index (χ3v) is 2.90. The quantitative estimate of drug-likeness (QED) is 0.801. The summed E-state index contributed by atoms with van der Waals surface area (Å²) in [6, 6.07) is 5.03. The molecule has 1 aromatic carbocycles. The minimum absolute atomic E-state index is 0.133. The highest BCUT2D eigenvalue weighted by atomic mass is 19.4. The number of rotatable bonds is 4. The van der Waals surface area contributed by atoms with Crippen LogP contribution in [0.3, 0.4) is 0 Å². The lowest BCUT2D eigenvalue weighted by Gasteiger charge is -2.15. The molecule has 0 aliphatic carbocycles. The molecule has 0 radical (unpaired) electrons. The van der Waals surface area contributed by atoms with Crippen LogP contribution in [0.15, 0.2) is 23.0 Å². The Balaban J connectivity index is 2.04. The van der Waals surface area contributed by atoms with E-state index >= 15 is 0 Å². The van der Waals surface area contributed by atoms with Crippen LogP contribution in [0.25, 0.3) is 11.0 Å². The second-order valence-electron chi connectivity index (χ2n) is 4.43. The normalized spacial score (nSPS) is 13.9. The first kappa shape index (κ1) is 13.7. The topological polar surface area (TPSA) is 60.7 Å². The Kier molecular flexibility index (Phi) is 3.66. The van der Waals surface area contributed by atoms with Crippen LogP contribution in [0, 0.1) is 0 Å². The summed E-state index contributed by atoms with van der Waals surface area (Å²) in [7, 11) is 0. The molecule has 7 heteroatoms. The molecule has 0 saturated heterocycles. The molecule has 1 heterocycles. The summed E-state index contributed by atoms with van der Waals surface area (Å²) in [4.78, 5) is 16.3. The van der Waals surface area contributed by atoms with Gasteiger partial charge >= 0.3 is 11.9 Å². The Morgan fingerprint density at radius 1 is 1.26 bits per heavy atom. The maximum Gasteiger partial charge on any atom is 0.390 e. The minimum Gasteiger partial charge on any atom is -0.310 e. The minimum atomic E-state index is -4.15. The van der Waals surface area contributed by atoms with E-state index in [1.807, 2.05) is 0 Å². The number of fused-ring (bicyclic) bond motifs is 1. The number of benzene rings is 1. The van der Waals surface area contributed by atoms with Crippen molar-refractivity contribution in [1.82, 2.24) is 15.3 Å². The molecule has 104 valence electrons. The number of H-pyrrole nitrogens is 2. The number of aromatic amines is 2. The average Bonchev–Trinajstić information content (AvgIpc) is 2.65. The highest BCUT2D eigenvalue weighted by molar-refractivity contribution is 5.75. The number of alkyl halides is 3. The Labute approximate surface area is 107 Å². The lowest BCUT2D eigenvalue weighted by atomic mass is 10.1. The van der Waals surface area contributed by atoms with Crippen LogP contribution in [0.4, 0.5) is 13.2 Å². The summed E-state index contributed by atoms with van der Waals surface area (Å²) in [6.45, 7) is 1.65. The molecule has 0 aliphatic heterocycles. The molecule has 0 amide bonds. The van der Waals surface area contributed by atoms with Crippen LogP contribution in [0.5, 0.6) is 0 Å². The molecule has 0 spiro atoms. The van der Waals surface area contributed by atoms with Gasteiger partial charge in [0.2, 0.25) is 0 Å². The third kappa shape index (κ3) is 3.60. The SMILES string of the molecule is CC(NCCC(F)(F)F)c1ccc2[nH]c(=O)[nH]c2c1. The molecule has 4 nitrogen and oxygen atoms in total. The summed E-state index contributed by atoms with van der Waals surface area (Å²) in [5, 5.41) is 2.80. The van der Waals surface area contributed by atoms with Crippen LogP contribution in [0.2, 0.25) is 0 Å². The Morgan fingerprint density at radius 2 is 1.95 bits per heavy atom. The van der Waals surface area contributed by atoms with Crippen molar-refractivity contribution in [2.45, 2.75) is 25.6 Å². The van der Waals surface area contributed by atoms with Crippen LogP contribution < -0.4 is 11.0 Å². The van der Waals surface area contributed by atoms with Crippen molar-refractivity contribution in [3.05, 3.63) is 34.2 Å². The predicted octanol–water partition coefficient (Wildman–Crippen LogP) is 2.46. The standard InChI is InChI=1S/C12H14F3N3O/c1-7(16-5-4-12(13,14)15)8-2-3-9-10(6-8)18-11(19)17-9/h2-3,6-7,16H,4-5H2,1H3,(H2,17,18,19). The van der Waals surface area contributed by atoms with Crippen molar-refractivity contribution in [1.29, 1.82) is 0 Å². The molecule has 1 aromatic heterocycles. The summed E-state index contributed by atoms with van der Waals surface area (Å²) in [5.74, 6) is 0. The van der Waals surface area contributed by atoms with Gasteiger partial charge in [-0.25, -0.2) is 4.79 Å². The maximum absolute atomic E-state index is 12.0. The van der Waals surface area contributed by atoms with Crippen LogP contribution in [0.1, 0.15) is 24.9 Å². The Morgan fingerprint density at radius 3 is 2.63 bits per heavy atom. The zero-order valence-corrected chi connectivity index (χ0v) is 10.3. The van der Waals surface area contributed by atoms with E-state index < -0.39 is 12.6 Å². The molecule has 1 atom stereocenters. The van der Waals surface area contributed by atoms with E-state index in [1.54, 1.807) is 25.1 Å². The number of nitrogens with one attached hydrogen (secondary N) is 3. The second-order valence-corrected chi connectivity index (χ2v) is 4.43. The summed E-state index contributed by atoms with van der Waals surface area (Å²) < 4.78 is 36.1. The Hall–Kier alpha value is -1.76. The fourth-order valence-electron chi connectivity index (χ4n) is 1.87. The zero-order valence-electron chi connectivity index (χ0n) is 10.3. The van der Waals surface area contributed by atoms with Crippen LogP contribution in [-0.4, -0.2) is 22.7 Å². The molecule has 0 fully saturated rings. The van der Waals surface area contributed by atoms with Gasteiger partial charge < -0.3 is 15.3 Å². The van der Waals surface area contributed by atoms with Gasteiger partial charge in [0, 0.05) is 12.6 Å². The molecule has 1 unspecified atom stereocenters. The lowest BCUT2D eigenvalue weighted by Crippen LogP contribution is -2.24. The van der Waals surface area contributed by atoms with Crippen LogP contribution >= 0.6 is 0 Å². The van der Waals surface area contributed by atoms with Crippen molar-refractivity contribution in [3.63, 3.8) is 0 Å². The molecule has 2 aromatic rings. The average molecular weight is 273 g/mol. The number of halogens is 3. The van der Waals surface area contributed by atoms with E-state index in [4.69, 9.17) is 0 Å². The van der Waals surface area contributed by atoms with Crippen LogP contribution in [-0.2, 0) is 0 Å². The predicted molar refractivity (Wildman–Crippen MR) is 66.0 cm³/mol. The number of aromatic nitrogens is 2. The van der Waals surface area contributed by atoms with Gasteiger partial charge in [-0.1, -0.05) is 6.07 Å². The molecular formula is C12H14F3N3O. The van der Waals surface area contributed by atoms with Gasteiger partial charge in [-0.3, -0.25) is 0 Å². The van der Waals surface area contributed by atoms with Gasteiger partial charge in [0.15, 0.2) is 0 Å². The van der Waals surface area contributed by atoms with Crippen molar-refractivity contribution in [2.75, 3.05) is 6.54 Å². The summed E-state index contributed by atoms with van der Waals surface area (Å²) in [5.41, 5.74) is 1.85. The zero-order chi connectivity index (χ0) is 14.0. The van der Waals surface area contributed by atoms with E-state index in [-0.39, 0.29) is 18.3 Å². The lowest BCUT2D eigenvalue weighted by molar-refractivity contribution is -0.133. The second kappa shape index (κ2) is 5.08. The maximum atomic E-state index is 12.0. The molecular weight excluding hydrogens is 259 g/mol. The first-order valence-electron chi connectivity index (χ1n) is 5.87. The molecule has 0 bridgehead atoms. The van der Waals surface area contributed by atoms with Gasteiger partial charge in [0.1, 0.15) is 0 Å². The largest absolute Gasteiger partial charge is 0.390 e. The third-order valence-electron chi connectivity index (χ3n) is 2.90. The smallest absolute Gasteiger partial charge is 0.310 e. The van der Waals surface area contributed by atoms with Crippen molar-refractivity contribution >= 4 is 11.0 Å². The van der Waals surface area contributed by atoms with E-state index in [2.05, 4.69) is 15.3 Å². The van der Waals surface area contributed by atoms with Gasteiger partial charge in [-0.05, 0) is 24.6 Å². The van der Waals surface area contributed by atoms with Gasteiger partial charge in [0.05, 0.1) is 17.5 Å². The first-order chi connectivity index (χ1) is 8.85. The fraction of sp³-hybridized carbons (Fsp3) is 0.417. The molecule has 2 rings (SSSR count). The van der Waals surface area contributed by atoms with E-state index in [9.17, 15) is 18.0 Å². The van der Waals surface area contributed by atoms with Crippen molar-refractivity contribution < 1.29 is 13.2 Å². The number of imidazole rings is 1.